The van der Waals surface area contributed by atoms with Gasteiger partial charge in [-0.05, 0) is 25.2 Å². The van der Waals surface area contributed by atoms with Gasteiger partial charge in [0.2, 0.25) is 0 Å². The van der Waals surface area contributed by atoms with E-state index < -0.39 is 15.5 Å². The Balaban J connectivity index is 0.00000484. The van der Waals surface area contributed by atoms with Crippen LogP contribution in [0.4, 0.5) is 13.2 Å². The zero-order chi connectivity index (χ0) is 16.8. The van der Waals surface area contributed by atoms with Gasteiger partial charge >= 0.3 is 15.5 Å². The average Bonchev–Trinajstić information content (AvgIpc) is 2.47. The van der Waals surface area contributed by atoms with Crippen LogP contribution in [0.3, 0.4) is 0 Å². The normalized spacial score (nSPS) is 18.4. The molecule has 11 heteroatoms. The Bertz CT molecular complexity index is 477. The molecule has 0 amide bonds. The Labute approximate surface area is 152 Å². The molecule has 0 spiro atoms. The minimum Gasteiger partial charge on any atom is -0.356 e. The van der Waals surface area contributed by atoms with Crippen molar-refractivity contribution in [1.82, 2.24) is 14.9 Å². The number of guanidine groups is 1. The highest BCUT2D eigenvalue weighted by molar-refractivity contribution is 14.0. The van der Waals surface area contributed by atoms with Gasteiger partial charge in [-0.25, -0.2) is 8.42 Å². The second-order valence-electron chi connectivity index (χ2n) is 5.17. The number of alkyl halides is 3. The monoisotopic (exact) mass is 472 g/mol. The Morgan fingerprint density at radius 1 is 1.26 bits per heavy atom. The quantitative estimate of drug-likeness (QED) is 0.364. The summed E-state index contributed by atoms with van der Waals surface area (Å²) >= 11 is 0. The maximum atomic E-state index is 12.5. The van der Waals surface area contributed by atoms with Crippen LogP contribution in [0, 0.1) is 5.92 Å². The number of hydrogen-bond donors (Lipinski definition) is 2. The van der Waals surface area contributed by atoms with E-state index in [0.717, 1.165) is 13.0 Å². The summed E-state index contributed by atoms with van der Waals surface area (Å²) in [5.74, 6) is 0.770. The molecular formula is C12H24F3IN4O2S. The molecule has 1 aliphatic heterocycles. The number of nitrogens with one attached hydrogen (secondary N) is 2. The zero-order valence-corrected chi connectivity index (χ0v) is 16.3. The summed E-state index contributed by atoms with van der Waals surface area (Å²) in [7, 11) is -3.55. The third kappa shape index (κ3) is 6.61. The third-order valence-corrected chi connectivity index (χ3v) is 5.16. The first-order valence-corrected chi connectivity index (χ1v) is 8.67. The fourth-order valence-corrected chi connectivity index (χ4v) is 3.19. The zero-order valence-electron chi connectivity index (χ0n) is 13.2. The number of sulfonamides is 1. The van der Waals surface area contributed by atoms with Crippen LogP contribution in [-0.2, 0) is 10.0 Å². The standard InChI is InChI=1S/C12H23F3N4O2S.HI/c1-3-6-17-11(16-2)18-9-10-4-7-19(8-5-10)22(20,21)12(13,14)15;/h10H,3-9H2,1-2H3,(H2,16,17,18);1H. The predicted molar refractivity (Wildman–Crippen MR) is 94.3 cm³/mol. The molecule has 0 aromatic carbocycles. The lowest BCUT2D eigenvalue weighted by atomic mass is 9.98. The first kappa shape index (κ1) is 22.7. The molecule has 0 bridgehead atoms. The Morgan fingerprint density at radius 3 is 2.26 bits per heavy atom. The molecule has 2 N–H and O–H groups in total. The van der Waals surface area contributed by atoms with Gasteiger partial charge in [0.15, 0.2) is 5.96 Å². The van der Waals surface area contributed by atoms with Crippen molar-refractivity contribution in [3.8, 4) is 0 Å². The van der Waals surface area contributed by atoms with E-state index in [-0.39, 0.29) is 43.0 Å². The van der Waals surface area contributed by atoms with Gasteiger partial charge in [-0.2, -0.15) is 17.5 Å². The van der Waals surface area contributed by atoms with Gasteiger partial charge in [-0.3, -0.25) is 4.99 Å². The van der Waals surface area contributed by atoms with Crippen molar-refractivity contribution >= 4 is 40.0 Å². The van der Waals surface area contributed by atoms with Crippen LogP contribution in [-0.4, -0.2) is 57.4 Å². The van der Waals surface area contributed by atoms with E-state index in [1.807, 2.05) is 6.92 Å². The number of hydrogen-bond acceptors (Lipinski definition) is 3. The topological polar surface area (TPSA) is 73.8 Å². The molecule has 6 nitrogen and oxygen atoms in total. The van der Waals surface area contributed by atoms with Crippen molar-refractivity contribution in [1.29, 1.82) is 0 Å². The summed E-state index contributed by atoms with van der Waals surface area (Å²) in [4.78, 5) is 4.04. The molecule has 1 heterocycles. The minimum absolute atomic E-state index is 0. The van der Waals surface area contributed by atoms with Crippen LogP contribution in [0.1, 0.15) is 26.2 Å². The van der Waals surface area contributed by atoms with Gasteiger partial charge in [0.1, 0.15) is 0 Å². The van der Waals surface area contributed by atoms with Gasteiger partial charge < -0.3 is 10.6 Å². The van der Waals surface area contributed by atoms with E-state index in [0.29, 0.717) is 29.7 Å². The molecule has 1 saturated heterocycles. The lowest BCUT2D eigenvalue weighted by Crippen LogP contribution is -2.47. The highest BCUT2D eigenvalue weighted by atomic mass is 127. The van der Waals surface area contributed by atoms with Gasteiger partial charge in [0, 0.05) is 33.2 Å². The average molecular weight is 472 g/mol. The van der Waals surface area contributed by atoms with Crippen molar-refractivity contribution in [3.63, 3.8) is 0 Å². The molecule has 1 rings (SSSR count). The Kier molecular flexibility index (Phi) is 9.74. The fraction of sp³-hybridized carbons (Fsp3) is 0.917. The summed E-state index contributed by atoms with van der Waals surface area (Å²) in [6.07, 6.45) is 1.74. The highest BCUT2D eigenvalue weighted by Crippen LogP contribution is 2.30. The lowest BCUT2D eigenvalue weighted by Gasteiger charge is -2.31. The molecular weight excluding hydrogens is 448 g/mol. The number of piperidine rings is 1. The molecule has 0 aromatic heterocycles. The van der Waals surface area contributed by atoms with Crippen LogP contribution in [0.2, 0.25) is 0 Å². The largest absolute Gasteiger partial charge is 0.511 e. The van der Waals surface area contributed by atoms with Crippen LogP contribution >= 0.6 is 24.0 Å². The van der Waals surface area contributed by atoms with Crippen molar-refractivity contribution in [3.05, 3.63) is 0 Å². The van der Waals surface area contributed by atoms with Crippen LogP contribution in [0.15, 0.2) is 4.99 Å². The van der Waals surface area contributed by atoms with Crippen LogP contribution in [0.25, 0.3) is 0 Å². The summed E-state index contributed by atoms with van der Waals surface area (Å²) in [6.45, 7) is 3.16. The number of rotatable bonds is 5. The molecule has 138 valence electrons. The number of nitrogens with zero attached hydrogens (tertiary/aromatic N) is 2. The number of halogens is 4. The van der Waals surface area contributed by atoms with Gasteiger partial charge in [-0.1, -0.05) is 6.92 Å². The van der Waals surface area contributed by atoms with Crippen molar-refractivity contribution in [2.75, 3.05) is 33.2 Å². The molecule has 23 heavy (non-hydrogen) atoms. The molecule has 0 unspecified atom stereocenters. The summed E-state index contributed by atoms with van der Waals surface area (Å²) in [5, 5.41) is 6.20. The molecule has 1 aliphatic rings. The SMILES string of the molecule is CCCNC(=NC)NCC1CCN(S(=O)(=O)C(F)(F)F)CC1.I. The van der Waals surface area contributed by atoms with E-state index >= 15 is 0 Å². The second kappa shape index (κ2) is 9.87. The van der Waals surface area contributed by atoms with E-state index in [4.69, 9.17) is 0 Å². The van der Waals surface area contributed by atoms with Gasteiger partial charge in [0.25, 0.3) is 0 Å². The molecule has 0 saturated carbocycles. The maximum Gasteiger partial charge on any atom is 0.511 e. The second-order valence-corrected chi connectivity index (χ2v) is 7.10. The lowest BCUT2D eigenvalue weighted by molar-refractivity contribution is -0.0496. The predicted octanol–water partition coefficient (Wildman–Crippen LogP) is 1.74. The first-order chi connectivity index (χ1) is 10.2. The fourth-order valence-electron chi connectivity index (χ4n) is 2.21. The van der Waals surface area contributed by atoms with E-state index in [1.165, 1.54) is 0 Å². The van der Waals surface area contributed by atoms with Crippen molar-refractivity contribution in [2.45, 2.75) is 31.7 Å². The van der Waals surface area contributed by atoms with Gasteiger partial charge in [-0.15, -0.1) is 24.0 Å². The first-order valence-electron chi connectivity index (χ1n) is 7.23. The molecule has 0 atom stereocenters. The Hall–Kier alpha value is -0.300. The van der Waals surface area contributed by atoms with E-state index in [9.17, 15) is 21.6 Å². The van der Waals surface area contributed by atoms with E-state index in [2.05, 4.69) is 15.6 Å². The minimum atomic E-state index is -5.22. The Morgan fingerprint density at radius 2 is 1.83 bits per heavy atom. The molecule has 0 aliphatic carbocycles. The molecule has 1 fully saturated rings. The van der Waals surface area contributed by atoms with Crippen molar-refractivity contribution < 1.29 is 21.6 Å². The van der Waals surface area contributed by atoms with Gasteiger partial charge in [0.05, 0.1) is 0 Å². The molecule has 0 aromatic rings. The van der Waals surface area contributed by atoms with Crippen LogP contribution < -0.4 is 10.6 Å². The van der Waals surface area contributed by atoms with E-state index in [1.54, 1.807) is 7.05 Å². The third-order valence-electron chi connectivity index (χ3n) is 3.53. The highest BCUT2D eigenvalue weighted by Gasteiger charge is 2.50. The molecule has 0 radical (unpaired) electrons. The van der Waals surface area contributed by atoms with Crippen molar-refractivity contribution in [2.24, 2.45) is 10.9 Å². The smallest absolute Gasteiger partial charge is 0.356 e. The summed E-state index contributed by atoms with van der Waals surface area (Å²) in [5.41, 5.74) is -5.22. The summed E-state index contributed by atoms with van der Waals surface area (Å²) < 4.78 is 60.5. The number of aliphatic imine (C=N–C) groups is 1. The maximum absolute atomic E-state index is 12.5. The van der Waals surface area contributed by atoms with Crippen LogP contribution in [0.5, 0.6) is 0 Å². The summed E-state index contributed by atoms with van der Waals surface area (Å²) in [6, 6.07) is 0.